The van der Waals surface area contributed by atoms with Crippen molar-refractivity contribution in [3.8, 4) is 67.5 Å². The minimum atomic E-state index is -0.212. The summed E-state index contributed by atoms with van der Waals surface area (Å²) in [7, 11) is 6.44. The highest BCUT2D eigenvalue weighted by Gasteiger charge is 2.53. The SMILES string of the molecule is COc1cc(OC)cc(-c2c3nc(c(-c4c(NC(=O)[C@H]5CC5(C)C)cccc4NC(=O)[C@H]4CC4(C)C)c4ccc([nH]4)c(-c4cc(OC)cc(OC)c4)c4nc(c(-c5c(NC(=O)[C@H]6CC6(C)C)cccc5NC(=O)[C@H]5CC5(C)C)c5ccc2[nH]5)C=C4)C=C3)c1. The van der Waals surface area contributed by atoms with Crippen LogP contribution in [0, 0.1) is 45.3 Å². The minimum absolute atomic E-state index is 0.115. The summed E-state index contributed by atoms with van der Waals surface area (Å²) < 4.78 is 23.7. The number of hydrogen-bond acceptors (Lipinski definition) is 10. The van der Waals surface area contributed by atoms with E-state index in [-0.39, 0.29) is 69.0 Å². The maximum absolute atomic E-state index is 14.4. The van der Waals surface area contributed by atoms with Gasteiger partial charge in [-0.2, -0.15) is 0 Å². The standard InChI is InChI=1S/C72H74N8O8/c1-69(2)33-43(69)65(81)77-47-15-13-16-48(78-66(82)44-34-70(44,3)4)61(47)63-55-23-19-51(73-55)59(37-27-39(85-9)31-40(28-37)86-10)53-21-25-57(75-53)64(58-26-22-54(76-58)60(52-20-24-56(63)74-52)38-29-41(87-11)32-42(30-38)88-12)62-49(79-67(83)45-35-71(45,5)6)17-14-18-50(62)80-68(84)46-36-72(46,7)8/h13-32,43-46,73,76H,33-36H2,1-12H3,(H,77,81)(H,78,82)(H,79,83)(H,80,84)/t43-,44-,45-,46-/m1/s1. The molecule has 4 aliphatic carbocycles. The van der Waals surface area contributed by atoms with E-state index in [0.717, 1.165) is 25.7 Å². The molecule has 8 bridgehead atoms. The lowest BCUT2D eigenvalue weighted by atomic mass is 9.98. The topological polar surface area (TPSA) is 211 Å². The fourth-order valence-electron chi connectivity index (χ4n) is 12.8. The van der Waals surface area contributed by atoms with Gasteiger partial charge in [-0.1, -0.05) is 67.5 Å². The number of anilines is 4. The highest BCUT2D eigenvalue weighted by atomic mass is 16.5. The molecule has 16 nitrogen and oxygen atoms in total. The maximum atomic E-state index is 14.4. The molecule has 0 radical (unpaired) electrons. The van der Waals surface area contributed by atoms with Crippen molar-refractivity contribution >= 4 is 92.7 Å². The van der Waals surface area contributed by atoms with Gasteiger partial charge in [-0.15, -0.1) is 0 Å². The fourth-order valence-corrected chi connectivity index (χ4v) is 12.8. The summed E-state index contributed by atoms with van der Waals surface area (Å²) in [6, 6.07) is 30.5. The number of nitrogens with one attached hydrogen (secondary N) is 6. The number of H-pyrrole nitrogens is 2. The van der Waals surface area contributed by atoms with Crippen LogP contribution in [-0.4, -0.2) is 72.0 Å². The molecule has 4 atom stereocenters. The van der Waals surface area contributed by atoms with Crippen LogP contribution in [0.3, 0.4) is 0 Å². The molecule has 88 heavy (non-hydrogen) atoms. The van der Waals surface area contributed by atoms with Crippen molar-refractivity contribution in [2.75, 3.05) is 49.7 Å². The van der Waals surface area contributed by atoms with Gasteiger partial charge in [-0.25, -0.2) is 9.97 Å². The van der Waals surface area contributed by atoms with Crippen molar-refractivity contribution in [1.29, 1.82) is 0 Å². The first-order chi connectivity index (χ1) is 42.0. The van der Waals surface area contributed by atoms with Crippen LogP contribution in [0.15, 0.2) is 97.1 Å². The normalized spacial score (nSPS) is 19.9. The molecule has 4 amide bonds. The van der Waals surface area contributed by atoms with E-state index in [1.807, 2.05) is 121 Å². The Morgan fingerprint density at radius 3 is 0.852 bits per heavy atom. The number of fused-ring (bicyclic) bond motifs is 8. The number of amides is 4. The van der Waals surface area contributed by atoms with Crippen molar-refractivity contribution in [1.82, 2.24) is 19.9 Å². The van der Waals surface area contributed by atoms with Crippen molar-refractivity contribution in [2.24, 2.45) is 45.3 Å². The largest absolute Gasteiger partial charge is 0.497 e. The zero-order valence-electron chi connectivity index (χ0n) is 51.8. The Hall–Kier alpha value is -9.44. The third-order valence-electron chi connectivity index (χ3n) is 19.0. The summed E-state index contributed by atoms with van der Waals surface area (Å²) in [5.41, 5.74) is 11.1. The summed E-state index contributed by atoms with van der Waals surface area (Å²) in [6.07, 6.45) is 10.8. The molecular weight excluding hydrogens is 1100 g/mol. The number of nitrogens with zero attached hydrogens (tertiary/aromatic N) is 2. The molecule has 0 saturated heterocycles. The van der Waals surface area contributed by atoms with E-state index in [1.54, 1.807) is 28.4 Å². The van der Waals surface area contributed by atoms with Gasteiger partial charge in [0.05, 0.1) is 74.0 Å². The van der Waals surface area contributed by atoms with E-state index in [1.165, 1.54) is 0 Å². The molecule has 4 fully saturated rings. The number of methoxy groups -OCH3 is 4. The molecular formula is C72H74N8O8. The molecule has 6 aliphatic rings. The third-order valence-corrected chi connectivity index (χ3v) is 19.0. The van der Waals surface area contributed by atoms with Gasteiger partial charge in [-0.3, -0.25) is 19.2 Å². The monoisotopic (exact) mass is 1180 g/mol. The van der Waals surface area contributed by atoms with Gasteiger partial charge < -0.3 is 50.2 Å². The average molecular weight is 1180 g/mol. The third kappa shape index (κ3) is 10.7. The van der Waals surface area contributed by atoms with Gasteiger partial charge in [-0.05, 0) is 156 Å². The molecule has 7 aromatic rings. The van der Waals surface area contributed by atoms with Crippen LogP contribution in [0.25, 0.3) is 90.9 Å². The second-order valence-corrected chi connectivity index (χ2v) is 27.1. The number of carbonyl (C=O) groups excluding carboxylic acids is 4. The maximum Gasteiger partial charge on any atom is 0.228 e. The quantitative estimate of drug-likeness (QED) is 0.0539. The number of aromatic amines is 2. The Morgan fingerprint density at radius 1 is 0.375 bits per heavy atom. The predicted molar refractivity (Wildman–Crippen MR) is 349 cm³/mol. The summed E-state index contributed by atoms with van der Waals surface area (Å²) in [5.74, 6) is 0.878. The number of ether oxygens (including phenoxy) is 4. The summed E-state index contributed by atoms with van der Waals surface area (Å²) in [5, 5.41) is 13.3. The lowest BCUT2D eigenvalue weighted by Gasteiger charge is -2.18. The van der Waals surface area contributed by atoms with Gasteiger partial charge in [0, 0.05) is 91.3 Å². The Kier molecular flexibility index (Phi) is 13.9. The first kappa shape index (κ1) is 57.6. The van der Waals surface area contributed by atoms with Gasteiger partial charge in [0.1, 0.15) is 23.0 Å². The van der Waals surface area contributed by atoms with Crippen LogP contribution in [0.1, 0.15) is 104 Å². The first-order valence-electron chi connectivity index (χ1n) is 30.1. The van der Waals surface area contributed by atoms with Crippen LogP contribution < -0.4 is 40.2 Å². The lowest BCUT2D eigenvalue weighted by Crippen LogP contribution is -2.19. The van der Waals surface area contributed by atoms with Crippen LogP contribution in [0.2, 0.25) is 0 Å². The van der Waals surface area contributed by atoms with Gasteiger partial charge >= 0.3 is 0 Å². The Bertz CT molecular complexity index is 3940. The van der Waals surface area contributed by atoms with E-state index in [9.17, 15) is 19.2 Å². The first-order valence-corrected chi connectivity index (χ1v) is 30.1. The van der Waals surface area contributed by atoms with Crippen LogP contribution in [-0.2, 0) is 19.2 Å². The summed E-state index contributed by atoms with van der Waals surface area (Å²) >= 11 is 0. The predicted octanol–water partition coefficient (Wildman–Crippen LogP) is 15.3. The second kappa shape index (κ2) is 21.2. The zero-order chi connectivity index (χ0) is 61.9. The number of benzene rings is 4. The molecule has 16 heteroatoms. The van der Waals surface area contributed by atoms with Crippen molar-refractivity contribution in [2.45, 2.75) is 81.1 Å². The van der Waals surface area contributed by atoms with Crippen molar-refractivity contribution in [3.05, 3.63) is 120 Å². The molecule has 2 aliphatic heterocycles. The smallest absolute Gasteiger partial charge is 0.228 e. The Balaban J connectivity index is 1.16. The molecule has 0 spiro atoms. The molecule has 3 aromatic heterocycles. The van der Waals surface area contributed by atoms with Crippen LogP contribution in [0.5, 0.6) is 23.0 Å². The number of aromatic nitrogens is 4. The number of rotatable bonds is 16. The van der Waals surface area contributed by atoms with E-state index in [4.69, 9.17) is 28.9 Å². The lowest BCUT2D eigenvalue weighted by molar-refractivity contribution is -0.118. The van der Waals surface area contributed by atoms with Gasteiger partial charge in [0.25, 0.3) is 0 Å². The second-order valence-electron chi connectivity index (χ2n) is 27.1. The van der Waals surface area contributed by atoms with Crippen molar-refractivity contribution in [3.63, 3.8) is 0 Å². The molecule has 450 valence electrons. The molecule has 5 heterocycles. The summed E-state index contributed by atoms with van der Waals surface area (Å²) in [6.45, 7) is 16.7. The number of hydrogen-bond donors (Lipinski definition) is 6. The minimum Gasteiger partial charge on any atom is -0.497 e. The fraction of sp³-hybridized carbons (Fsp3) is 0.333. The van der Waals surface area contributed by atoms with E-state index in [0.29, 0.717) is 135 Å². The average Bonchev–Trinajstić information content (AvgIpc) is 1.72. The molecule has 6 N–H and O–H groups in total. The van der Waals surface area contributed by atoms with Gasteiger partial charge in [0.15, 0.2) is 0 Å². The molecule has 0 unspecified atom stereocenters. The molecule has 4 aromatic carbocycles. The van der Waals surface area contributed by atoms with E-state index in [2.05, 4.69) is 86.6 Å². The van der Waals surface area contributed by atoms with Crippen LogP contribution >= 0.6 is 0 Å². The number of carbonyl (C=O) groups is 4. The molecule has 4 saturated carbocycles. The molecule has 13 rings (SSSR count). The van der Waals surface area contributed by atoms with Gasteiger partial charge in [0.2, 0.25) is 23.6 Å². The van der Waals surface area contributed by atoms with E-state index >= 15 is 0 Å². The zero-order valence-corrected chi connectivity index (χ0v) is 51.8. The van der Waals surface area contributed by atoms with Crippen molar-refractivity contribution < 1.29 is 38.1 Å². The Labute approximate surface area is 512 Å². The highest BCUT2D eigenvalue weighted by Crippen LogP contribution is 2.56. The highest BCUT2D eigenvalue weighted by molar-refractivity contribution is 6.12. The Morgan fingerprint density at radius 2 is 0.614 bits per heavy atom. The van der Waals surface area contributed by atoms with E-state index < -0.39 is 0 Å². The summed E-state index contributed by atoms with van der Waals surface area (Å²) in [4.78, 5) is 76.5. The van der Waals surface area contributed by atoms with Crippen LogP contribution in [0.4, 0.5) is 22.7 Å².